The van der Waals surface area contributed by atoms with Gasteiger partial charge in [0, 0.05) is 11.3 Å². The first-order chi connectivity index (χ1) is 14.3. The van der Waals surface area contributed by atoms with E-state index in [-0.39, 0.29) is 29.3 Å². The number of hydrogen-bond donors (Lipinski definition) is 2. The fourth-order valence-corrected chi connectivity index (χ4v) is 3.78. The molecule has 0 saturated carbocycles. The van der Waals surface area contributed by atoms with E-state index in [1.807, 2.05) is 31.2 Å². The van der Waals surface area contributed by atoms with Gasteiger partial charge in [-0.3, -0.25) is 9.52 Å². The highest BCUT2D eigenvalue weighted by atomic mass is 32.2. The molecule has 0 aliphatic carbocycles. The number of anilines is 1. The Morgan fingerprint density at radius 3 is 2.47 bits per heavy atom. The zero-order valence-corrected chi connectivity index (χ0v) is 17.1. The number of halogens is 1. The van der Waals surface area contributed by atoms with Crippen LogP contribution in [0.15, 0.2) is 77.7 Å². The summed E-state index contributed by atoms with van der Waals surface area (Å²) in [7, 11) is -3.92. The van der Waals surface area contributed by atoms with E-state index in [0.29, 0.717) is 5.75 Å². The summed E-state index contributed by atoms with van der Waals surface area (Å²) in [5, 5.41) is 2.70. The Balaban J connectivity index is 1.59. The van der Waals surface area contributed by atoms with Crippen LogP contribution in [0.2, 0.25) is 0 Å². The van der Waals surface area contributed by atoms with Crippen LogP contribution in [0.1, 0.15) is 15.9 Å². The molecule has 8 heteroatoms. The third kappa shape index (κ3) is 5.81. The van der Waals surface area contributed by atoms with E-state index in [9.17, 15) is 17.6 Å². The van der Waals surface area contributed by atoms with E-state index in [4.69, 9.17) is 4.74 Å². The van der Waals surface area contributed by atoms with Crippen molar-refractivity contribution in [3.63, 3.8) is 0 Å². The lowest BCUT2D eigenvalue weighted by molar-refractivity contribution is 0.0946. The van der Waals surface area contributed by atoms with Gasteiger partial charge in [-0.15, -0.1) is 0 Å². The van der Waals surface area contributed by atoms with E-state index < -0.39 is 21.7 Å². The Bertz CT molecular complexity index is 1130. The maximum atomic E-state index is 13.0. The summed E-state index contributed by atoms with van der Waals surface area (Å²) >= 11 is 0. The second kappa shape index (κ2) is 9.41. The Kier molecular flexibility index (Phi) is 6.68. The molecule has 0 heterocycles. The molecule has 3 rings (SSSR count). The van der Waals surface area contributed by atoms with Gasteiger partial charge < -0.3 is 10.1 Å². The molecule has 3 aromatic carbocycles. The summed E-state index contributed by atoms with van der Waals surface area (Å²) in [4.78, 5) is 12.3. The average Bonchev–Trinajstić information content (AvgIpc) is 2.73. The van der Waals surface area contributed by atoms with Crippen molar-refractivity contribution in [1.82, 2.24) is 5.32 Å². The van der Waals surface area contributed by atoms with Crippen molar-refractivity contribution in [2.75, 3.05) is 17.9 Å². The number of ether oxygens (including phenoxy) is 1. The first-order valence-electron chi connectivity index (χ1n) is 9.20. The molecule has 0 unspecified atom stereocenters. The van der Waals surface area contributed by atoms with Crippen molar-refractivity contribution in [2.45, 2.75) is 11.8 Å². The number of hydrogen-bond acceptors (Lipinski definition) is 4. The fraction of sp³-hybridized carbons (Fsp3) is 0.136. The van der Waals surface area contributed by atoms with Crippen LogP contribution < -0.4 is 14.8 Å². The molecule has 0 aromatic heterocycles. The van der Waals surface area contributed by atoms with Gasteiger partial charge in [-0.2, -0.15) is 0 Å². The van der Waals surface area contributed by atoms with E-state index in [1.54, 1.807) is 0 Å². The van der Waals surface area contributed by atoms with E-state index >= 15 is 0 Å². The van der Waals surface area contributed by atoms with E-state index in [1.165, 1.54) is 36.4 Å². The second-order valence-corrected chi connectivity index (χ2v) is 8.24. The molecule has 0 spiro atoms. The summed E-state index contributed by atoms with van der Waals surface area (Å²) in [5.74, 6) is -0.172. The number of aryl methyl sites for hydroxylation is 1. The average molecular weight is 428 g/mol. The van der Waals surface area contributed by atoms with Gasteiger partial charge in [0.15, 0.2) is 0 Å². The molecule has 0 aliphatic heterocycles. The number of carbonyl (C=O) groups is 1. The smallest absolute Gasteiger partial charge is 0.261 e. The summed E-state index contributed by atoms with van der Waals surface area (Å²) < 4.78 is 46.0. The zero-order valence-electron chi connectivity index (χ0n) is 16.3. The molecule has 0 bridgehead atoms. The van der Waals surface area contributed by atoms with Gasteiger partial charge in [-0.25, -0.2) is 12.8 Å². The highest BCUT2D eigenvalue weighted by Gasteiger charge is 2.16. The maximum Gasteiger partial charge on any atom is 0.261 e. The lowest BCUT2D eigenvalue weighted by Gasteiger charge is -2.10. The minimum absolute atomic E-state index is 0.0736. The van der Waals surface area contributed by atoms with Gasteiger partial charge in [0.05, 0.1) is 11.4 Å². The lowest BCUT2D eigenvalue weighted by Crippen LogP contribution is -2.28. The standard InChI is InChI=1S/C22H21FN2O4S/c1-16-4-2-6-20(14-16)29-13-12-24-22(26)17-5-3-7-21(15-17)30(27,28)25-19-10-8-18(23)9-11-19/h2-11,14-15,25H,12-13H2,1H3,(H,24,26). The van der Waals surface area contributed by atoms with Crippen LogP contribution in [0.4, 0.5) is 10.1 Å². The molecule has 3 aromatic rings. The van der Waals surface area contributed by atoms with Crippen molar-refractivity contribution in [3.8, 4) is 5.75 Å². The van der Waals surface area contributed by atoms with Gasteiger partial charge >= 0.3 is 0 Å². The van der Waals surface area contributed by atoms with Crippen LogP contribution in [0, 0.1) is 12.7 Å². The lowest BCUT2D eigenvalue weighted by atomic mass is 10.2. The van der Waals surface area contributed by atoms with Crippen LogP contribution in [-0.2, 0) is 10.0 Å². The predicted octanol–water partition coefficient (Wildman–Crippen LogP) is 3.74. The molecule has 0 aliphatic rings. The molecule has 156 valence electrons. The normalized spacial score (nSPS) is 11.0. The van der Waals surface area contributed by atoms with Crippen molar-refractivity contribution >= 4 is 21.6 Å². The maximum absolute atomic E-state index is 13.0. The van der Waals surface area contributed by atoms with Crippen LogP contribution >= 0.6 is 0 Å². The van der Waals surface area contributed by atoms with Crippen LogP contribution in [0.3, 0.4) is 0 Å². The minimum atomic E-state index is -3.92. The van der Waals surface area contributed by atoms with E-state index in [0.717, 1.165) is 17.7 Å². The van der Waals surface area contributed by atoms with Gasteiger partial charge in [0.25, 0.3) is 15.9 Å². The number of amides is 1. The van der Waals surface area contributed by atoms with Gasteiger partial charge in [-0.1, -0.05) is 18.2 Å². The summed E-state index contributed by atoms with van der Waals surface area (Å²) in [6.45, 7) is 2.50. The van der Waals surface area contributed by atoms with Crippen LogP contribution in [0.5, 0.6) is 5.75 Å². The van der Waals surface area contributed by atoms with Gasteiger partial charge in [0.1, 0.15) is 18.2 Å². The first kappa shape index (κ1) is 21.3. The number of sulfonamides is 1. The third-order valence-corrected chi connectivity index (χ3v) is 5.53. The molecule has 1 amide bonds. The Morgan fingerprint density at radius 1 is 1.00 bits per heavy atom. The third-order valence-electron chi connectivity index (χ3n) is 4.15. The quantitative estimate of drug-likeness (QED) is 0.536. The largest absolute Gasteiger partial charge is 0.492 e. The summed E-state index contributed by atoms with van der Waals surface area (Å²) in [5.41, 5.74) is 1.50. The fourth-order valence-electron chi connectivity index (χ4n) is 2.68. The molecule has 0 atom stereocenters. The summed E-state index contributed by atoms with van der Waals surface area (Å²) in [6.07, 6.45) is 0. The Hall–Kier alpha value is -3.39. The van der Waals surface area contributed by atoms with E-state index in [2.05, 4.69) is 10.0 Å². The molecule has 2 N–H and O–H groups in total. The van der Waals surface area contributed by atoms with Crippen LogP contribution in [0.25, 0.3) is 0 Å². The molecular weight excluding hydrogens is 407 g/mol. The summed E-state index contributed by atoms with van der Waals surface area (Å²) in [6, 6.07) is 18.2. The van der Waals surface area contributed by atoms with Crippen LogP contribution in [-0.4, -0.2) is 27.5 Å². The molecule has 30 heavy (non-hydrogen) atoms. The second-order valence-electron chi connectivity index (χ2n) is 6.56. The molecule has 0 radical (unpaired) electrons. The first-order valence-corrected chi connectivity index (χ1v) is 10.7. The Labute approximate surface area is 174 Å². The number of benzene rings is 3. The number of nitrogens with one attached hydrogen (secondary N) is 2. The van der Waals surface area contributed by atoms with Crippen molar-refractivity contribution in [2.24, 2.45) is 0 Å². The molecular formula is C22H21FN2O4S. The van der Waals surface area contributed by atoms with Crippen molar-refractivity contribution in [1.29, 1.82) is 0 Å². The molecule has 0 saturated heterocycles. The zero-order chi connectivity index (χ0) is 21.6. The monoisotopic (exact) mass is 428 g/mol. The molecule has 0 fully saturated rings. The van der Waals surface area contributed by atoms with Crippen molar-refractivity contribution in [3.05, 3.63) is 89.7 Å². The highest BCUT2D eigenvalue weighted by molar-refractivity contribution is 7.92. The molecule has 6 nitrogen and oxygen atoms in total. The highest BCUT2D eigenvalue weighted by Crippen LogP contribution is 2.18. The SMILES string of the molecule is Cc1cccc(OCCNC(=O)c2cccc(S(=O)(=O)Nc3ccc(F)cc3)c2)c1. The predicted molar refractivity (Wildman–Crippen MR) is 113 cm³/mol. The number of carbonyl (C=O) groups excluding carboxylic acids is 1. The number of rotatable bonds is 8. The van der Waals surface area contributed by atoms with Crippen molar-refractivity contribution < 1.29 is 22.3 Å². The van der Waals surface area contributed by atoms with Gasteiger partial charge in [-0.05, 0) is 67.1 Å². The topological polar surface area (TPSA) is 84.5 Å². The van der Waals surface area contributed by atoms with Gasteiger partial charge in [0.2, 0.25) is 0 Å². The minimum Gasteiger partial charge on any atom is -0.492 e. The Morgan fingerprint density at radius 2 is 1.73 bits per heavy atom.